The summed E-state index contributed by atoms with van der Waals surface area (Å²) < 4.78 is 1.58. The average molecular weight is 177 g/mol. The van der Waals surface area contributed by atoms with E-state index in [2.05, 4.69) is 10.3 Å². The van der Waals surface area contributed by atoms with Crippen molar-refractivity contribution in [1.82, 2.24) is 15.0 Å². The molecule has 0 aliphatic carbocycles. The summed E-state index contributed by atoms with van der Waals surface area (Å²) in [4.78, 5) is 0. The predicted molar refractivity (Wildman–Crippen MR) is 48.3 cm³/mol. The monoisotopic (exact) mass is 177 g/mol. The van der Waals surface area contributed by atoms with Gasteiger partial charge in [-0.3, -0.25) is 0 Å². The van der Waals surface area contributed by atoms with Gasteiger partial charge in [-0.1, -0.05) is 17.3 Å². The molecule has 5 nitrogen and oxygen atoms in total. The molecule has 1 heterocycles. The van der Waals surface area contributed by atoms with Gasteiger partial charge in [-0.05, 0) is 6.07 Å². The summed E-state index contributed by atoms with van der Waals surface area (Å²) in [6.07, 6.45) is 0. The first-order valence-electron chi connectivity index (χ1n) is 3.84. The second-order valence-corrected chi connectivity index (χ2v) is 2.80. The molecule has 13 heavy (non-hydrogen) atoms. The van der Waals surface area contributed by atoms with Crippen LogP contribution in [0.4, 0.5) is 0 Å². The number of aryl methyl sites for hydroxylation is 1. The number of hydrogen-bond acceptors (Lipinski definition) is 4. The summed E-state index contributed by atoms with van der Waals surface area (Å²) in [6, 6.07) is 5.17. The van der Waals surface area contributed by atoms with Crippen LogP contribution in [-0.2, 0) is 7.05 Å². The molecule has 0 unspecified atom stereocenters. The van der Waals surface area contributed by atoms with Gasteiger partial charge in [-0.2, -0.15) is 0 Å². The largest absolute Gasteiger partial charge is 0.490 e. The van der Waals surface area contributed by atoms with E-state index in [1.54, 1.807) is 23.9 Å². The van der Waals surface area contributed by atoms with Crippen molar-refractivity contribution in [2.75, 3.05) is 0 Å². The standard InChI is InChI=1S/C7H8BN3O2/c1-11-6-4-2-3-5(8(12)13)7(6)9-10-11/h2-4,12-13H,1H3. The Kier molecular flexibility index (Phi) is 1.79. The van der Waals surface area contributed by atoms with Gasteiger partial charge in [0.2, 0.25) is 0 Å². The summed E-state index contributed by atoms with van der Waals surface area (Å²) in [5.74, 6) is 0. The van der Waals surface area contributed by atoms with Crippen molar-refractivity contribution in [2.24, 2.45) is 7.05 Å². The molecule has 2 N–H and O–H groups in total. The van der Waals surface area contributed by atoms with Crippen molar-refractivity contribution in [3.8, 4) is 0 Å². The van der Waals surface area contributed by atoms with Gasteiger partial charge in [-0.25, -0.2) is 4.68 Å². The first-order valence-corrected chi connectivity index (χ1v) is 3.84. The van der Waals surface area contributed by atoms with Gasteiger partial charge >= 0.3 is 7.12 Å². The second kappa shape index (κ2) is 2.83. The minimum atomic E-state index is -1.50. The lowest BCUT2D eigenvalue weighted by Gasteiger charge is -1.98. The SMILES string of the molecule is Cn1nnc2c(B(O)O)cccc21. The Morgan fingerprint density at radius 1 is 1.38 bits per heavy atom. The van der Waals surface area contributed by atoms with Crippen LogP contribution in [0, 0.1) is 0 Å². The van der Waals surface area contributed by atoms with Crippen LogP contribution in [0.2, 0.25) is 0 Å². The zero-order valence-electron chi connectivity index (χ0n) is 7.05. The van der Waals surface area contributed by atoms with E-state index < -0.39 is 7.12 Å². The average Bonchev–Trinajstić information content (AvgIpc) is 2.48. The summed E-state index contributed by atoms with van der Waals surface area (Å²) in [5.41, 5.74) is 1.69. The smallest absolute Gasteiger partial charge is 0.423 e. The molecule has 0 aliphatic heterocycles. The maximum absolute atomic E-state index is 9.01. The van der Waals surface area contributed by atoms with Gasteiger partial charge in [0.25, 0.3) is 0 Å². The Morgan fingerprint density at radius 2 is 2.15 bits per heavy atom. The highest BCUT2D eigenvalue weighted by atomic mass is 16.4. The molecule has 6 heteroatoms. The van der Waals surface area contributed by atoms with Crippen LogP contribution < -0.4 is 5.46 Å². The van der Waals surface area contributed by atoms with E-state index in [9.17, 15) is 0 Å². The fraction of sp³-hybridized carbons (Fsp3) is 0.143. The fourth-order valence-corrected chi connectivity index (χ4v) is 1.29. The summed E-state index contributed by atoms with van der Waals surface area (Å²) in [6.45, 7) is 0. The summed E-state index contributed by atoms with van der Waals surface area (Å²) in [7, 11) is 0.253. The fourth-order valence-electron chi connectivity index (χ4n) is 1.29. The highest BCUT2D eigenvalue weighted by Gasteiger charge is 2.16. The Morgan fingerprint density at radius 3 is 2.85 bits per heavy atom. The van der Waals surface area contributed by atoms with Gasteiger partial charge in [0.05, 0.1) is 5.52 Å². The molecule has 1 aromatic carbocycles. The molecule has 0 fully saturated rings. The molecular formula is C7H8BN3O2. The summed E-state index contributed by atoms with van der Waals surface area (Å²) in [5, 5.41) is 25.6. The van der Waals surface area contributed by atoms with Gasteiger partial charge in [0.15, 0.2) is 0 Å². The predicted octanol–water partition coefficient (Wildman–Crippen LogP) is -1.35. The number of nitrogens with zero attached hydrogens (tertiary/aromatic N) is 3. The van der Waals surface area contributed by atoms with Crippen molar-refractivity contribution in [3.05, 3.63) is 18.2 Å². The Balaban J connectivity index is 2.77. The molecule has 2 aromatic rings. The lowest BCUT2D eigenvalue weighted by molar-refractivity contribution is 0.426. The van der Waals surface area contributed by atoms with Gasteiger partial charge in [-0.15, -0.1) is 5.10 Å². The number of fused-ring (bicyclic) bond motifs is 1. The Labute approximate surface area is 74.8 Å². The molecule has 1 aromatic heterocycles. The molecule has 0 radical (unpaired) electrons. The molecular weight excluding hydrogens is 169 g/mol. The zero-order chi connectivity index (χ0) is 9.42. The molecule has 66 valence electrons. The maximum Gasteiger partial charge on any atom is 0.490 e. The van der Waals surface area contributed by atoms with Crippen molar-refractivity contribution in [2.45, 2.75) is 0 Å². The molecule has 0 aliphatic rings. The normalized spacial score (nSPS) is 10.7. The number of rotatable bonds is 1. The van der Waals surface area contributed by atoms with E-state index in [1.807, 2.05) is 6.07 Å². The van der Waals surface area contributed by atoms with E-state index >= 15 is 0 Å². The highest BCUT2D eigenvalue weighted by Crippen LogP contribution is 2.06. The van der Waals surface area contributed by atoms with Crippen molar-refractivity contribution >= 4 is 23.6 Å². The first kappa shape index (κ1) is 8.21. The van der Waals surface area contributed by atoms with Crippen LogP contribution >= 0.6 is 0 Å². The quantitative estimate of drug-likeness (QED) is 0.528. The minimum absolute atomic E-state index is 0.380. The lowest BCUT2D eigenvalue weighted by Crippen LogP contribution is -2.30. The minimum Gasteiger partial charge on any atom is -0.423 e. The second-order valence-electron chi connectivity index (χ2n) is 2.80. The van der Waals surface area contributed by atoms with E-state index in [0.717, 1.165) is 5.52 Å². The van der Waals surface area contributed by atoms with Crippen molar-refractivity contribution in [3.63, 3.8) is 0 Å². The van der Waals surface area contributed by atoms with E-state index in [1.165, 1.54) is 0 Å². The highest BCUT2D eigenvalue weighted by molar-refractivity contribution is 6.61. The number of aromatic nitrogens is 3. The topological polar surface area (TPSA) is 71.2 Å². The third-order valence-corrected chi connectivity index (χ3v) is 1.95. The molecule has 2 rings (SSSR count). The molecule has 0 amide bonds. The first-order chi connectivity index (χ1) is 6.20. The lowest BCUT2D eigenvalue weighted by atomic mass is 9.79. The Bertz CT molecular complexity index is 440. The van der Waals surface area contributed by atoms with Crippen LogP contribution in [0.25, 0.3) is 11.0 Å². The van der Waals surface area contributed by atoms with Crippen LogP contribution in [-0.4, -0.2) is 32.2 Å². The molecule has 0 saturated heterocycles. The Hall–Kier alpha value is -1.40. The third kappa shape index (κ3) is 1.20. The molecule has 0 bridgehead atoms. The third-order valence-electron chi connectivity index (χ3n) is 1.95. The van der Waals surface area contributed by atoms with Crippen molar-refractivity contribution in [1.29, 1.82) is 0 Å². The van der Waals surface area contributed by atoms with Crippen LogP contribution in [0.5, 0.6) is 0 Å². The van der Waals surface area contributed by atoms with Crippen molar-refractivity contribution < 1.29 is 10.0 Å². The van der Waals surface area contributed by atoms with Gasteiger partial charge in [0.1, 0.15) is 5.52 Å². The van der Waals surface area contributed by atoms with E-state index in [0.29, 0.717) is 11.0 Å². The number of hydrogen-bond donors (Lipinski definition) is 2. The van der Waals surface area contributed by atoms with Crippen LogP contribution in [0.3, 0.4) is 0 Å². The van der Waals surface area contributed by atoms with E-state index in [4.69, 9.17) is 10.0 Å². The zero-order valence-corrected chi connectivity index (χ0v) is 7.05. The summed E-state index contributed by atoms with van der Waals surface area (Å²) >= 11 is 0. The number of benzene rings is 1. The van der Waals surface area contributed by atoms with Crippen LogP contribution in [0.15, 0.2) is 18.2 Å². The van der Waals surface area contributed by atoms with Crippen LogP contribution in [0.1, 0.15) is 0 Å². The van der Waals surface area contributed by atoms with E-state index in [-0.39, 0.29) is 0 Å². The molecule has 0 atom stereocenters. The maximum atomic E-state index is 9.01. The molecule has 0 saturated carbocycles. The van der Waals surface area contributed by atoms with Gasteiger partial charge in [0, 0.05) is 12.5 Å². The molecule has 0 spiro atoms. The van der Waals surface area contributed by atoms with Gasteiger partial charge < -0.3 is 10.0 Å².